The van der Waals surface area contributed by atoms with Gasteiger partial charge in [0.25, 0.3) is 0 Å². The fourth-order valence-corrected chi connectivity index (χ4v) is 3.81. The van der Waals surface area contributed by atoms with Gasteiger partial charge in [-0.05, 0) is 55.3 Å². The highest BCUT2D eigenvalue weighted by Gasteiger charge is 2.34. The number of nitrogens with one attached hydrogen (secondary N) is 1. The van der Waals surface area contributed by atoms with Gasteiger partial charge in [-0.15, -0.1) is 0 Å². The molecule has 1 fully saturated rings. The van der Waals surface area contributed by atoms with Crippen LogP contribution in [-0.2, 0) is 6.18 Å². The van der Waals surface area contributed by atoms with E-state index in [9.17, 15) is 13.2 Å². The van der Waals surface area contributed by atoms with Crippen molar-refractivity contribution < 1.29 is 17.9 Å². The maximum atomic E-state index is 13.4. The van der Waals surface area contributed by atoms with Crippen molar-refractivity contribution in [3.05, 3.63) is 64.2 Å². The zero-order chi connectivity index (χ0) is 20.1. The SMILES string of the molecule is CCOc1ccc(C(c2ccc(Cl)c(C(F)(F)F)c2)N2CCCNCC2)cc1. The van der Waals surface area contributed by atoms with Gasteiger partial charge < -0.3 is 10.1 Å². The van der Waals surface area contributed by atoms with Gasteiger partial charge in [0.2, 0.25) is 0 Å². The lowest BCUT2D eigenvalue weighted by Crippen LogP contribution is -2.33. The van der Waals surface area contributed by atoms with Crippen LogP contribution in [0, 0.1) is 0 Å². The summed E-state index contributed by atoms with van der Waals surface area (Å²) in [5.74, 6) is 0.745. The number of rotatable bonds is 5. The third-order valence-corrected chi connectivity index (χ3v) is 5.19. The summed E-state index contributed by atoms with van der Waals surface area (Å²) < 4.78 is 45.7. The van der Waals surface area contributed by atoms with Crippen LogP contribution in [0.1, 0.15) is 36.1 Å². The second-order valence-corrected chi connectivity index (χ2v) is 7.19. The van der Waals surface area contributed by atoms with Crippen LogP contribution in [0.2, 0.25) is 5.02 Å². The second kappa shape index (κ2) is 9.16. The summed E-state index contributed by atoms with van der Waals surface area (Å²) >= 11 is 5.84. The van der Waals surface area contributed by atoms with Crippen LogP contribution < -0.4 is 10.1 Å². The van der Waals surface area contributed by atoms with Gasteiger partial charge in [0, 0.05) is 19.6 Å². The Balaban J connectivity index is 2.03. The molecule has 3 rings (SSSR count). The van der Waals surface area contributed by atoms with E-state index in [1.807, 2.05) is 31.2 Å². The molecule has 1 heterocycles. The average molecular weight is 413 g/mol. The number of alkyl halides is 3. The van der Waals surface area contributed by atoms with Gasteiger partial charge in [-0.25, -0.2) is 0 Å². The standard InChI is InChI=1S/C21H24ClF3N2O/c1-2-28-17-7-4-15(5-8-17)20(27-12-3-10-26-11-13-27)16-6-9-19(22)18(14-16)21(23,24)25/h4-9,14,20,26H,2-3,10-13H2,1H3. The Labute approximate surface area is 168 Å². The molecule has 0 bridgehead atoms. The van der Waals surface area contributed by atoms with Gasteiger partial charge in [0.05, 0.1) is 23.2 Å². The lowest BCUT2D eigenvalue weighted by molar-refractivity contribution is -0.137. The Bertz CT molecular complexity index is 772. The fourth-order valence-electron chi connectivity index (χ4n) is 3.58. The van der Waals surface area contributed by atoms with Crippen molar-refractivity contribution in [2.75, 3.05) is 32.8 Å². The molecule has 2 aromatic carbocycles. The van der Waals surface area contributed by atoms with E-state index in [2.05, 4.69) is 10.2 Å². The summed E-state index contributed by atoms with van der Waals surface area (Å²) in [7, 11) is 0. The molecule has 1 aliphatic heterocycles. The van der Waals surface area contributed by atoms with Crippen LogP contribution in [0.4, 0.5) is 13.2 Å². The molecule has 0 radical (unpaired) electrons. The largest absolute Gasteiger partial charge is 0.494 e. The molecule has 1 N–H and O–H groups in total. The van der Waals surface area contributed by atoms with Crippen molar-refractivity contribution in [1.29, 1.82) is 0 Å². The molecule has 1 aliphatic rings. The normalized spacial score (nSPS) is 17.2. The van der Waals surface area contributed by atoms with E-state index >= 15 is 0 Å². The Morgan fingerprint density at radius 1 is 1.07 bits per heavy atom. The van der Waals surface area contributed by atoms with Crippen molar-refractivity contribution in [1.82, 2.24) is 10.2 Å². The zero-order valence-electron chi connectivity index (χ0n) is 15.7. The van der Waals surface area contributed by atoms with Gasteiger partial charge in [0.15, 0.2) is 0 Å². The maximum absolute atomic E-state index is 13.4. The summed E-state index contributed by atoms with van der Waals surface area (Å²) in [6.07, 6.45) is -3.55. The summed E-state index contributed by atoms with van der Waals surface area (Å²) in [5, 5.41) is 3.06. The molecule has 3 nitrogen and oxygen atoms in total. The molecule has 1 saturated heterocycles. The van der Waals surface area contributed by atoms with E-state index in [1.165, 1.54) is 12.1 Å². The number of halogens is 4. The highest BCUT2D eigenvalue weighted by Crippen LogP contribution is 2.38. The Kier molecular flexibility index (Phi) is 6.86. The molecule has 2 aromatic rings. The molecule has 1 atom stereocenters. The first kappa shape index (κ1) is 21.0. The zero-order valence-corrected chi connectivity index (χ0v) is 16.5. The number of hydrogen-bond donors (Lipinski definition) is 1. The van der Waals surface area contributed by atoms with E-state index in [0.717, 1.165) is 43.9 Å². The molecule has 28 heavy (non-hydrogen) atoms. The summed E-state index contributed by atoms with van der Waals surface area (Å²) in [4.78, 5) is 2.22. The smallest absolute Gasteiger partial charge is 0.417 e. The summed E-state index contributed by atoms with van der Waals surface area (Å²) in [5.41, 5.74) is 0.721. The Hall–Kier alpha value is -1.76. The molecule has 0 spiro atoms. The lowest BCUT2D eigenvalue weighted by atomic mass is 9.95. The van der Waals surface area contributed by atoms with Gasteiger partial charge in [0.1, 0.15) is 5.75 Å². The second-order valence-electron chi connectivity index (χ2n) is 6.78. The molecule has 1 unspecified atom stereocenters. The number of nitrogens with zero attached hydrogens (tertiary/aromatic N) is 1. The summed E-state index contributed by atoms with van der Waals surface area (Å²) in [6.45, 7) is 5.73. The van der Waals surface area contributed by atoms with Crippen molar-refractivity contribution in [3.63, 3.8) is 0 Å². The molecule has 7 heteroatoms. The van der Waals surface area contributed by atoms with Crippen molar-refractivity contribution in [2.24, 2.45) is 0 Å². The molecule has 0 amide bonds. The minimum atomic E-state index is -4.49. The molecular weight excluding hydrogens is 389 g/mol. The Morgan fingerprint density at radius 3 is 2.46 bits per heavy atom. The van der Waals surface area contributed by atoms with Gasteiger partial charge in [-0.3, -0.25) is 4.90 Å². The molecular formula is C21H24ClF3N2O. The van der Waals surface area contributed by atoms with Crippen molar-refractivity contribution >= 4 is 11.6 Å². The topological polar surface area (TPSA) is 24.5 Å². The highest BCUT2D eigenvalue weighted by molar-refractivity contribution is 6.31. The minimum absolute atomic E-state index is 0.278. The first-order valence-electron chi connectivity index (χ1n) is 9.44. The highest BCUT2D eigenvalue weighted by atomic mass is 35.5. The van der Waals surface area contributed by atoms with Crippen molar-refractivity contribution in [3.8, 4) is 5.75 Å². The van der Waals surface area contributed by atoms with Gasteiger partial charge in [-0.2, -0.15) is 13.2 Å². The van der Waals surface area contributed by atoms with Crippen LogP contribution in [0.15, 0.2) is 42.5 Å². The first-order chi connectivity index (χ1) is 13.4. The van der Waals surface area contributed by atoms with E-state index in [4.69, 9.17) is 16.3 Å². The Morgan fingerprint density at radius 2 is 1.79 bits per heavy atom. The minimum Gasteiger partial charge on any atom is -0.494 e. The third kappa shape index (κ3) is 4.99. The van der Waals surface area contributed by atoms with Crippen LogP contribution >= 0.6 is 11.6 Å². The lowest BCUT2D eigenvalue weighted by Gasteiger charge is -2.32. The van der Waals surface area contributed by atoms with E-state index in [-0.39, 0.29) is 11.1 Å². The molecule has 0 aromatic heterocycles. The summed E-state index contributed by atoms with van der Waals surface area (Å²) in [6, 6.07) is 11.5. The number of hydrogen-bond acceptors (Lipinski definition) is 3. The van der Waals surface area contributed by atoms with E-state index in [1.54, 1.807) is 6.07 Å². The molecule has 152 valence electrons. The van der Waals surface area contributed by atoms with Crippen LogP contribution in [0.25, 0.3) is 0 Å². The average Bonchev–Trinajstić information content (AvgIpc) is 2.93. The van der Waals surface area contributed by atoms with Crippen molar-refractivity contribution in [2.45, 2.75) is 25.6 Å². The third-order valence-electron chi connectivity index (χ3n) is 4.86. The molecule has 0 saturated carbocycles. The van der Waals surface area contributed by atoms with Gasteiger partial charge >= 0.3 is 6.18 Å². The van der Waals surface area contributed by atoms with E-state index in [0.29, 0.717) is 12.2 Å². The fraction of sp³-hybridized carbons (Fsp3) is 0.429. The quantitative estimate of drug-likeness (QED) is 0.735. The monoisotopic (exact) mass is 412 g/mol. The van der Waals surface area contributed by atoms with Crippen LogP contribution in [-0.4, -0.2) is 37.7 Å². The first-order valence-corrected chi connectivity index (χ1v) is 9.82. The maximum Gasteiger partial charge on any atom is 0.417 e. The predicted molar refractivity (Wildman–Crippen MR) is 105 cm³/mol. The van der Waals surface area contributed by atoms with Gasteiger partial charge in [-0.1, -0.05) is 29.8 Å². The van der Waals surface area contributed by atoms with E-state index < -0.39 is 11.7 Å². The van der Waals surface area contributed by atoms with Crippen LogP contribution in [0.5, 0.6) is 5.75 Å². The van der Waals surface area contributed by atoms with Crippen LogP contribution in [0.3, 0.4) is 0 Å². The number of ether oxygens (including phenoxy) is 1. The predicted octanol–water partition coefficient (Wildman–Crippen LogP) is 5.14. The number of benzene rings is 2. The molecule has 0 aliphatic carbocycles.